The van der Waals surface area contributed by atoms with Crippen LogP contribution in [0.5, 0.6) is 0 Å². The molecule has 0 aliphatic carbocycles. The maximum atomic E-state index is 12.9. The molecular weight excluding hydrogens is 251 g/mol. The number of rotatable bonds is 6. The van der Waals surface area contributed by atoms with E-state index in [1.165, 1.54) is 6.07 Å². The summed E-state index contributed by atoms with van der Waals surface area (Å²) in [6.07, 6.45) is -2.89. The van der Waals surface area contributed by atoms with Crippen LogP contribution in [0.15, 0.2) is 24.3 Å². The minimum Gasteiger partial charge on any atom is -0.313 e. The molecule has 0 bridgehead atoms. The van der Waals surface area contributed by atoms with Crippen LogP contribution in [-0.4, -0.2) is 12.6 Å². The van der Waals surface area contributed by atoms with Gasteiger partial charge in [-0.25, -0.2) is 0 Å². The molecular formula is C15H22F3N. The second-order valence-electron chi connectivity index (χ2n) is 5.16. The van der Waals surface area contributed by atoms with Crippen LogP contribution >= 0.6 is 0 Å². The second-order valence-corrected chi connectivity index (χ2v) is 5.16. The lowest BCUT2D eigenvalue weighted by Gasteiger charge is -2.24. The average molecular weight is 273 g/mol. The number of alkyl halides is 3. The maximum Gasteiger partial charge on any atom is 0.416 e. The molecule has 4 heteroatoms. The van der Waals surface area contributed by atoms with Crippen molar-refractivity contribution in [2.45, 2.75) is 45.8 Å². The summed E-state index contributed by atoms with van der Waals surface area (Å²) in [5.41, 5.74) is -0.142. The highest BCUT2D eigenvalue weighted by Gasteiger charge is 2.33. The van der Waals surface area contributed by atoms with Crippen molar-refractivity contribution >= 4 is 0 Å². The number of hydrogen-bond acceptors (Lipinski definition) is 1. The lowest BCUT2D eigenvalue weighted by Crippen LogP contribution is -2.36. The zero-order valence-corrected chi connectivity index (χ0v) is 11.7. The summed E-state index contributed by atoms with van der Waals surface area (Å²) >= 11 is 0. The molecule has 0 spiro atoms. The first-order valence-electron chi connectivity index (χ1n) is 6.74. The molecule has 0 saturated heterocycles. The molecule has 0 aliphatic heterocycles. The highest BCUT2D eigenvalue weighted by Crippen LogP contribution is 2.32. The van der Waals surface area contributed by atoms with E-state index < -0.39 is 11.7 Å². The van der Waals surface area contributed by atoms with Crippen LogP contribution in [0, 0.1) is 5.92 Å². The van der Waals surface area contributed by atoms with Gasteiger partial charge in [0.1, 0.15) is 0 Å². The van der Waals surface area contributed by atoms with E-state index in [-0.39, 0.29) is 6.04 Å². The third-order valence-corrected chi connectivity index (χ3v) is 3.22. The fourth-order valence-electron chi connectivity index (χ4n) is 2.09. The Labute approximate surface area is 113 Å². The van der Waals surface area contributed by atoms with Crippen LogP contribution in [0.1, 0.15) is 38.3 Å². The van der Waals surface area contributed by atoms with Gasteiger partial charge in [0.05, 0.1) is 5.56 Å². The topological polar surface area (TPSA) is 12.0 Å². The summed E-state index contributed by atoms with van der Waals surface area (Å²) in [7, 11) is 0. The molecule has 108 valence electrons. The predicted octanol–water partition coefficient (Wildman–Crippen LogP) is 4.27. The average Bonchev–Trinajstić information content (AvgIpc) is 2.33. The minimum absolute atomic E-state index is 0.0726. The zero-order valence-electron chi connectivity index (χ0n) is 11.7. The standard InChI is InChI=1S/C15H22F3N/c1-4-9-19-14(11(2)3)10-12-7-5-6-8-13(12)15(16,17)18/h5-8,11,14,19H,4,9-10H2,1-3H3. The number of hydrogen-bond donors (Lipinski definition) is 1. The van der Waals surface area contributed by atoms with Crippen LogP contribution in [0.2, 0.25) is 0 Å². The summed E-state index contributed by atoms with van der Waals surface area (Å²) in [4.78, 5) is 0. The largest absolute Gasteiger partial charge is 0.416 e. The van der Waals surface area contributed by atoms with E-state index in [0.717, 1.165) is 19.0 Å². The van der Waals surface area contributed by atoms with Crippen molar-refractivity contribution < 1.29 is 13.2 Å². The second kappa shape index (κ2) is 6.94. The van der Waals surface area contributed by atoms with Crippen molar-refractivity contribution in [2.24, 2.45) is 5.92 Å². The van der Waals surface area contributed by atoms with Gasteiger partial charge >= 0.3 is 6.18 Å². The van der Waals surface area contributed by atoms with Crippen LogP contribution in [0.4, 0.5) is 13.2 Å². The Morgan fingerprint density at radius 3 is 2.32 bits per heavy atom. The molecule has 1 nitrogen and oxygen atoms in total. The van der Waals surface area contributed by atoms with E-state index >= 15 is 0 Å². The van der Waals surface area contributed by atoms with Crippen LogP contribution in [-0.2, 0) is 12.6 Å². The van der Waals surface area contributed by atoms with Crippen molar-refractivity contribution in [1.82, 2.24) is 5.32 Å². The molecule has 1 rings (SSSR count). The fourth-order valence-corrected chi connectivity index (χ4v) is 2.09. The molecule has 1 aromatic carbocycles. The van der Waals surface area contributed by atoms with Gasteiger partial charge in [0, 0.05) is 6.04 Å². The SMILES string of the molecule is CCCNC(Cc1ccccc1C(F)(F)F)C(C)C. The van der Waals surface area contributed by atoms with E-state index in [2.05, 4.69) is 5.32 Å². The molecule has 0 aromatic heterocycles. The Kier molecular flexibility index (Phi) is 5.85. The van der Waals surface area contributed by atoms with Crippen LogP contribution in [0.3, 0.4) is 0 Å². The quantitative estimate of drug-likeness (QED) is 0.816. The first-order valence-corrected chi connectivity index (χ1v) is 6.74. The van der Waals surface area contributed by atoms with E-state index in [1.54, 1.807) is 12.1 Å². The lowest BCUT2D eigenvalue weighted by atomic mass is 9.93. The van der Waals surface area contributed by atoms with Crippen molar-refractivity contribution in [2.75, 3.05) is 6.54 Å². The molecule has 0 amide bonds. The van der Waals surface area contributed by atoms with Crippen LogP contribution in [0.25, 0.3) is 0 Å². The van der Waals surface area contributed by atoms with Gasteiger partial charge in [-0.3, -0.25) is 0 Å². The van der Waals surface area contributed by atoms with Crippen molar-refractivity contribution in [3.63, 3.8) is 0 Å². The third kappa shape index (κ3) is 4.86. The van der Waals surface area contributed by atoms with Gasteiger partial charge in [0.25, 0.3) is 0 Å². The minimum atomic E-state index is -4.27. The molecule has 19 heavy (non-hydrogen) atoms. The predicted molar refractivity (Wildman–Crippen MR) is 72.1 cm³/mol. The molecule has 0 aliphatic rings. The van der Waals surface area contributed by atoms with E-state index in [1.807, 2.05) is 20.8 Å². The van der Waals surface area contributed by atoms with Gasteiger partial charge in [-0.15, -0.1) is 0 Å². The Bertz CT molecular complexity index is 385. The molecule has 1 aromatic rings. The third-order valence-electron chi connectivity index (χ3n) is 3.22. The summed E-state index contributed by atoms with van der Waals surface area (Å²) in [6, 6.07) is 5.92. The first-order chi connectivity index (χ1) is 8.86. The Hall–Kier alpha value is -1.03. The number of halogens is 3. The first kappa shape index (κ1) is 16.0. The van der Waals surface area contributed by atoms with Gasteiger partial charge in [-0.05, 0) is 36.9 Å². The molecule has 1 atom stereocenters. The summed E-state index contributed by atoms with van der Waals surface area (Å²) in [6.45, 7) is 6.94. The zero-order chi connectivity index (χ0) is 14.5. The van der Waals surface area contributed by atoms with E-state index in [0.29, 0.717) is 17.9 Å². The van der Waals surface area contributed by atoms with Crippen molar-refractivity contribution in [1.29, 1.82) is 0 Å². The fraction of sp³-hybridized carbons (Fsp3) is 0.600. The molecule has 0 heterocycles. The molecule has 0 fully saturated rings. The highest BCUT2D eigenvalue weighted by molar-refractivity contribution is 5.30. The molecule has 0 saturated carbocycles. The van der Waals surface area contributed by atoms with Gasteiger partial charge in [-0.2, -0.15) is 13.2 Å². The Morgan fingerprint density at radius 1 is 1.16 bits per heavy atom. The smallest absolute Gasteiger partial charge is 0.313 e. The summed E-state index contributed by atoms with van der Waals surface area (Å²) in [5.74, 6) is 0.299. The molecule has 0 radical (unpaired) electrons. The lowest BCUT2D eigenvalue weighted by molar-refractivity contribution is -0.138. The van der Waals surface area contributed by atoms with E-state index in [4.69, 9.17) is 0 Å². The molecule has 1 N–H and O–H groups in total. The molecule has 1 unspecified atom stereocenters. The maximum absolute atomic E-state index is 12.9. The summed E-state index contributed by atoms with van der Waals surface area (Å²) in [5, 5.41) is 3.33. The highest BCUT2D eigenvalue weighted by atomic mass is 19.4. The van der Waals surface area contributed by atoms with Crippen molar-refractivity contribution in [3.05, 3.63) is 35.4 Å². The van der Waals surface area contributed by atoms with Gasteiger partial charge < -0.3 is 5.32 Å². The van der Waals surface area contributed by atoms with Crippen molar-refractivity contribution in [3.8, 4) is 0 Å². The Balaban J connectivity index is 2.90. The monoisotopic (exact) mass is 273 g/mol. The summed E-state index contributed by atoms with van der Waals surface area (Å²) < 4.78 is 38.8. The number of benzene rings is 1. The van der Waals surface area contributed by atoms with E-state index in [9.17, 15) is 13.2 Å². The van der Waals surface area contributed by atoms with Crippen LogP contribution < -0.4 is 5.32 Å². The normalized spacial score (nSPS) is 13.8. The van der Waals surface area contributed by atoms with Gasteiger partial charge in [0.15, 0.2) is 0 Å². The van der Waals surface area contributed by atoms with Gasteiger partial charge in [-0.1, -0.05) is 39.0 Å². The van der Waals surface area contributed by atoms with Gasteiger partial charge in [0.2, 0.25) is 0 Å². The number of nitrogens with one attached hydrogen (secondary N) is 1. The Morgan fingerprint density at radius 2 is 1.79 bits per heavy atom.